The van der Waals surface area contributed by atoms with Gasteiger partial charge in [-0.1, -0.05) is 127 Å². The lowest BCUT2D eigenvalue weighted by molar-refractivity contribution is 0.207. The highest BCUT2D eigenvalue weighted by molar-refractivity contribution is 5.09. The lowest BCUT2D eigenvalue weighted by Gasteiger charge is -2.28. The molecule has 1 heteroatoms. The lowest BCUT2D eigenvalue weighted by Crippen LogP contribution is -2.31. The number of unbranched alkanes of at least 4 members (excludes halogenated alkanes) is 13. The summed E-state index contributed by atoms with van der Waals surface area (Å²) in [5, 5.41) is 0. The number of rotatable bonds is 27. The maximum Gasteiger partial charge on any atom is -0.00161 e. The van der Waals surface area contributed by atoms with Crippen LogP contribution in [0.15, 0.2) is 36.0 Å². The molecule has 0 aromatic rings. The second-order valence-electron chi connectivity index (χ2n) is 14.2. The molecule has 1 saturated heterocycles. The molecule has 0 N–H and O–H groups in total. The second-order valence-corrected chi connectivity index (χ2v) is 14.2. The molecule has 0 saturated carbocycles. The number of nitrogens with zero attached hydrogens (tertiary/aromatic N) is 1. The molecular weight excluding hydrogens is 494 g/mol. The highest BCUT2D eigenvalue weighted by Gasteiger charge is 2.15. The van der Waals surface area contributed by atoms with Crippen LogP contribution >= 0.6 is 0 Å². The minimum atomic E-state index is 0.907. The molecule has 0 bridgehead atoms. The first-order chi connectivity index (χ1) is 20.2. The highest BCUT2D eigenvalue weighted by atomic mass is 15.1. The van der Waals surface area contributed by atoms with Gasteiger partial charge in [0.25, 0.3) is 0 Å². The van der Waals surface area contributed by atoms with Crippen molar-refractivity contribution < 1.29 is 0 Å². The maximum absolute atomic E-state index is 4.52. The van der Waals surface area contributed by atoms with E-state index in [0.29, 0.717) is 0 Å². The largest absolute Gasteiger partial charge is 0.303 e. The van der Waals surface area contributed by atoms with Crippen molar-refractivity contribution in [2.45, 2.75) is 187 Å². The van der Waals surface area contributed by atoms with Crippen molar-refractivity contribution in [3.8, 4) is 0 Å². The van der Waals surface area contributed by atoms with E-state index in [1.165, 1.54) is 199 Å². The molecule has 0 aromatic heterocycles. The SMILES string of the molecule is C=C(CCCCCCCCCC/C=C\CCCCC)CCC(CCCCCC1=CCC(C)C1)CCN1CCCCC1. The van der Waals surface area contributed by atoms with E-state index in [-0.39, 0.29) is 0 Å². The van der Waals surface area contributed by atoms with Crippen LogP contribution in [-0.4, -0.2) is 24.5 Å². The Balaban J connectivity index is 1.48. The Kier molecular flexibility index (Phi) is 22.8. The van der Waals surface area contributed by atoms with Crippen molar-refractivity contribution in [3.05, 3.63) is 36.0 Å². The first-order valence-corrected chi connectivity index (χ1v) is 18.9. The minimum absolute atomic E-state index is 0.907. The third-order valence-corrected chi connectivity index (χ3v) is 10.0. The van der Waals surface area contributed by atoms with Crippen LogP contribution in [0, 0.1) is 11.8 Å². The van der Waals surface area contributed by atoms with Crippen LogP contribution in [-0.2, 0) is 0 Å². The van der Waals surface area contributed by atoms with Crippen LogP contribution in [0.1, 0.15) is 187 Å². The maximum atomic E-state index is 4.52. The van der Waals surface area contributed by atoms with Crippen molar-refractivity contribution in [3.63, 3.8) is 0 Å². The number of allylic oxidation sites excluding steroid dienone is 5. The molecule has 2 unspecified atom stereocenters. The standard InChI is InChI=1S/C40H73N/c1-4-5-6-7-8-9-10-11-12-13-14-15-16-17-20-25-37(2)28-30-39(32-35-41-33-23-19-24-34-41)26-21-18-22-27-40-31-29-38(3)36-40/h8-9,31,38-39H,2,4-7,10-30,32-36H2,1,3H3/b9-8-. The van der Waals surface area contributed by atoms with E-state index in [0.717, 1.165) is 11.8 Å². The molecule has 0 spiro atoms. The van der Waals surface area contributed by atoms with Gasteiger partial charge in [0.1, 0.15) is 0 Å². The highest BCUT2D eigenvalue weighted by Crippen LogP contribution is 2.29. The van der Waals surface area contributed by atoms with Crippen LogP contribution < -0.4 is 0 Å². The van der Waals surface area contributed by atoms with E-state index in [2.05, 4.69) is 43.6 Å². The first-order valence-electron chi connectivity index (χ1n) is 18.9. The van der Waals surface area contributed by atoms with Crippen molar-refractivity contribution in [1.82, 2.24) is 4.90 Å². The van der Waals surface area contributed by atoms with Crippen molar-refractivity contribution in [2.75, 3.05) is 19.6 Å². The summed E-state index contributed by atoms with van der Waals surface area (Å²) in [6.07, 6.45) is 44.9. The molecule has 0 aromatic carbocycles. The third-order valence-electron chi connectivity index (χ3n) is 10.0. The van der Waals surface area contributed by atoms with Gasteiger partial charge in [-0.2, -0.15) is 0 Å². The zero-order chi connectivity index (χ0) is 29.2. The Morgan fingerprint density at radius 2 is 1.44 bits per heavy atom. The Morgan fingerprint density at radius 3 is 2.12 bits per heavy atom. The fraction of sp³-hybridized carbons (Fsp3) is 0.850. The number of hydrogen-bond donors (Lipinski definition) is 0. The second kappa shape index (κ2) is 25.7. The molecule has 1 heterocycles. The van der Waals surface area contributed by atoms with Crippen molar-refractivity contribution in [2.24, 2.45) is 11.8 Å². The van der Waals surface area contributed by atoms with Crippen molar-refractivity contribution in [1.29, 1.82) is 0 Å². The van der Waals surface area contributed by atoms with Gasteiger partial charge in [-0.15, -0.1) is 0 Å². The Labute approximate surface area is 259 Å². The topological polar surface area (TPSA) is 3.24 Å². The predicted molar refractivity (Wildman–Crippen MR) is 186 cm³/mol. The Hall–Kier alpha value is -0.820. The normalized spacial score (nSPS) is 18.8. The van der Waals surface area contributed by atoms with Gasteiger partial charge < -0.3 is 4.90 Å². The molecule has 0 radical (unpaired) electrons. The average Bonchev–Trinajstić information content (AvgIpc) is 3.41. The van der Waals surface area contributed by atoms with Crippen molar-refractivity contribution >= 4 is 0 Å². The zero-order valence-electron chi connectivity index (χ0n) is 28.3. The fourth-order valence-corrected chi connectivity index (χ4v) is 7.11. The van der Waals surface area contributed by atoms with Gasteiger partial charge in [-0.05, 0) is 128 Å². The number of piperidine rings is 1. The summed E-state index contributed by atoms with van der Waals surface area (Å²) in [4.78, 5) is 2.76. The molecule has 2 aliphatic rings. The van der Waals surface area contributed by atoms with Gasteiger partial charge in [0, 0.05) is 0 Å². The van der Waals surface area contributed by atoms with Gasteiger partial charge in [0.15, 0.2) is 0 Å². The summed E-state index contributed by atoms with van der Waals surface area (Å²) in [6, 6.07) is 0. The Bertz CT molecular complexity index is 666. The summed E-state index contributed by atoms with van der Waals surface area (Å²) in [5.41, 5.74) is 3.30. The van der Waals surface area contributed by atoms with Crippen LogP contribution in [0.2, 0.25) is 0 Å². The molecule has 238 valence electrons. The number of likely N-dealkylation sites (tertiary alicyclic amines) is 1. The Morgan fingerprint density at radius 1 is 0.780 bits per heavy atom. The summed E-state index contributed by atoms with van der Waals surface area (Å²) < 4.78 is 0. The summed E-state index contributed by atoms with van der Waals surface area (Å²) >= 11 is 0. The minimum Gasteiger partial charge on any atom is -0.303 e. The van der Waals surface area contributed by atoms with E-state index in [9.17, 15) is 0 Å². The van der Waals surface area contributed by atoms with Crippen LogP contribution in [0.3, 0.4) is 0 Å². The van der Waals surface area contributed by atoms with Gasteiger partial charge in [-0.3, -0.25) is 0 Å². The molecule has 0 amide bonds. The molecule has 1 aliphatic heterocycles. The smallest absolute Gasteiger partial charge is 0.00161 e. The fourth-order valence-electron chi connectivity index (χ4n) is 7.11. The molecule has 2 atom stereocenters. The zero-order valence-corrected chi connectivity index (χ0v) is 28.3. The number of hydrogen-bond acceptors (Lipinski definition) is 1. The quantitative estimate of drug-likeness (QED) is 0.0704. The van der Waals surface area contributed by atoms with Gasteiger partial charge in [-0.25, -0.2) is 0 Å². The van der Waals surface area contributed by atoms with E-state index < -0.39 is 0 Å². The third kappa shape index (κ3) is 20.7. The molecule has 2 rings (SSSR count). The van der Waals surface area contributed by atoms with Crippen LogP contribution in [0.4, 0.5) is 0 Å². The summed E-state index contributed by atoms with van der Waals surface area (Å²) in [7, 11) is 0. The van der Waals surface area contributed by atoms with E-state index in [1.807, 2.05) is 0 Å². The molecule has 1 nitrogen and oxygen atoms in total. The van der Waals surface area contributed by atoms with E-state index >= 15 is 0 Å². The molecule has 1 fully saturated rings. The van der Waals surface area contributed by atoms with Crippen LogP contribution in [0.5, 0.6) is 0 Å². The van der Waals surface area contributed by atoms with Gasteiger partial charge in [0.2, 0.25) is 0 Å². The molecular formula is C40H73N. The summed E-state index contributed by atoms with van der Waals surface area (Å²) in [6.45, 7) is 13.3. The summed E-state index contributed by atoms with van der Waals surface area (Å²) in [5.74, 6) is 1.82. The monoisotopic (exact) mass is 568 g/mol. The van der Waals surface area contributed by atoms with Crippen LogP contribution in [0.25, 0.3) is 0 Å². The average molecular weight is 568 g/mol. The lowest BCUT2D eigenvalue weighted by atomic mass is 9.89. The molecule has 1 aliphatic carbocycles. The molecule has 41 heavy (non-hydrogen) atoms. The van der Waals surface area contributed by atoms with E-state index in [4.69, 9.17) is 0 Å². The van der Waals surface area contributed by atoms with Gasteiger partial charge >= 0.3 is 0 Å². The van der Waals surface area contributed by atoms with Gasteiger partial charge in [0.05, 0.1) is 0 Å². The van der Waals surface area contributed by atoms with E-state index in [1.54, 1.807) is 5.57 Å². The predicted octanol–water partition coefficient (Wildman–Crippen LogP) is 13.2. The first kappa shape index (κ1) is 36.4.